The van der Waals surface area contributed by atoms with Crippen LogP contribution >= 0.6 is 0 Å². The summed E-state index contributed by atoms with van der Waals surface area (Å²) in [5.41, 5.74) is -0.0455. The van der Waals surface area contributed by atoms with Crippen LogP contribution in [0, 0.1) is 17.6 Å². The molecule has 1 amide bonds. The quantitative estimate of drug-likeness (QED) is 0.727. The Balaban J connectivity index is 1.45. The second-order valence-corrected chi connectivity index (χ2v) is 8.08. The van der Waals surface area contributed by atoms with Gasteiger partial charge in [-0.2, -0.15) is 0 Å². The highest BCUT2D eigenvalue weighted by Crippen LogP contribution is 2.28. The summed E-state index contributed by atoms with van der Waals surface area (Å²) in [5.74, 6) is -2.88. The Hall–Kier alpha value is -2.88. The van der Waals surface area contributed by atoms with Crippen LogP contribution in [0.25, 0.3) is 5.69 Å². The van der Waals surface area contributed by atoms with E-state index in [0.29, 0.717) is 19.0 Å². The Labute approximate surface area is 178 Å². The Morgan fingerprint density at radius 1 is 1.19 bits per heavy atom. The van der Waals surface area contributed by atoms with Crippen LogP contribution in [0.5, 0.6) is 0 Å². The molecule has 8 nitrogen and oxygen atoms in total. The summed E-state index contributed by atoms with van der Waals surface area (Å²) in [6.45, 7) is 1.33. The molecule has 2 heterocycles. The third kappa shape index (κ3) is 4.58. The number of esters is 1. The van der Waals surface area contributed by atoms with Gasteiger partial charge in [-0.25, -0.2) is 13.5 Å². The van der Waals surface area contributed by atoms with E-state index in [1.807, 2.05) is 0 Å². The topological polar surface area (TPSA) is 89.4 Å². The number of carbonyl (C=O) groups is 2. The zero-order valence-corrected chi connectivity index (χ0v) is 17.3. The number of piperidine rings is 1. The summed E-state index contributed by atoms with van der Waals surface area (Å²) >= 11 is 0. The van der Waals surface area contributed by atoms with Crippen molar-refractivity contribution in [1.82, 2.24) is 25.2 Å². The fourth-order valence-electron chi connectivity index (χ4n) is 4.54. The molecule has 2 aliphatic rings. The van der Waals surface area contributed by atoms with Gasteiger partial charge in [0, 0.05) is 31.2 Å². The van der Waals surface area contributed by atoms with Crippen molar-refractivity contribution in [1.29, 1.82) is 0 Å². The van der Waals surface area contributed by atoms with Gasteiger partial charge in [-0.3, -0.25) is 14.5 Å². The lowest BCUT2D eigenvalue weighted by Crippen LogP contribution is -2.55. The summed E-state index contributed by atoms with van der Waals surface area (Å²) in [5, 5.41) is 10.4. The van der Waals surface area contributed by atoms with Crippen molar-refractivity contribution in [2.45, 2.75) is 44.2 Å². The molecule has 166 valence electrons. The van der Waals surface area contributed by atoms with Crippen molar-refractivity contribution in [2.24, 2.45) is 5.92 Å². The number of hydrogen-bond donors (Lipinski definition) is 1. The van der Waals surface area contributed by atoms with Gasteiger partial charge in [0.05, 0.1) is 19.2 Å². The summed E-state index contributed by atoms with van der Waals surface area (Å²) < 4.78 is 33.2. The molecule has 31 heavy (non-hydrogen) atoms. The Morgan fingerprint density at radius 2 is 1.97 bits per heavy atom. The zero-order chi connectivity index (χ0) is 22.0. The summed E-state index contributed by atoms with van der Waals surface area (Å²) in [4.78, 5) is 27.5. The van der Waals surface area contributed by atoms with Gasteiger partial charge in [0.1, 0.15) is 11.5 Å². The van der Waals surface area contributed by atoms with Gasteiger partial charge in [-0.15, -0.1) is 5.10 Å². The van der Waals surface area contributed by atoms with Crippen molar-refractivity contribution in [3.8, 4) is 5.69 Å². The highest BCUT2D eigenvalue weighted by Gasteiger charge is 2.39. The number of halogens is 2. The first-order valence-corrected chi connectivity index (χ1v) is 10.5. The molecule has 1 saturated heterocycles. The predicted octanol–water partition coefficient (Wildman–Crippen LogP) is 2.08. The van der Waals surface area contributed by atoms with Crippen LogP contribution in [-0.2, 0) is 9.53 Å². The van der Waals surface area contributed by atoms with Gasteiger partial charge >= 0.3 is 5.97 Å². The Morgan fingerprint density at radius 3 is 2.68 bits per heavy atom. The number of nitrogens with one attached hydrogen (secondary N) is 1. The first-order valence-electron chi connectivity index (χ1n) is 10.5. The molecular weight excluding hydrogens is 408 g/mol. The van der Waals surface area contributed by atoms with Crippen LogP contribution in [0.4, 0.5) is 8.78 Å². The van der Waals surface area contributed by atoms with E-state index in [9.17, 15) is 18.4 Å². The normalized spacial score (nSPS) is 22.4. The van der Waals surface area contributed by atoms with Crippen molar-refractivity contribution >= 4 is 11.9 Å². The lowest BCUT2D eigenvalue weighted by atomic mass is 9.90. The number of likely N-dealkylation sites (tertiary alicyclic amines) is 1. The van der Waals surface area contributed by atoms with Crippen LogP contribution in [0.1, 0.15) is 42.6 Å². The van der Waals surface area contributed by atoms with Crippen molar-refractivity contribution < 1.29 is 23.1 Å². The molecule has 2 aromatic rings. The van der Waals surface area contributed by atoms with Gasteiger partial charge in [-0.1, -0.05) is 18.1 Å². The maximum atomic E-state index is 14.0. The Kier molecular flexibility index (Phi) is 6.26. The van der Waals surface area contributed by atoms with Gasteiger partial charge in [0.25, 0.3) is 5.91 Å². The summed E-state index contributed by atoms with van der Waals surface area (Å²) in [6.07, 6.45) is 6.56. The van der Waals surface area contributed by atoms with Crippen molar-refractivity contribution in [3.63, 3.8) is 0 Å². The lowest BCUT2D eigenvalue weighted by Gasteiger charge is -2.40. The third-order valence-corrected chi connectivity index (χ3v) is 6.19. The maximum absolute atomic E-state index is 14.0. The van der Waals surface area contributed by atoms with Crippen LogP contribution in [-0.4, -0.2) is 64.1 Å². The van der Waals surface area contributed by atoms with Gasteiger partial charge in [0.15, 0.2) is 11.5 Å². The highest BCUT2D eigenvalue weighted by molar-refractivity contribution is 5.92. The van der Waals surface area contributed by atoms with E-state index >= 15 is 0 Å². The van der Waals surface area contributed by atoms with Crippen LogP contribution in [0.15, 0.2) is 24.4 Å². The third-order valence-electron chi connectivity index (χ3n) is 6.19. The number of benzene rings is 1. The van der Waals surface area contributed by atoms with E-state index in [1.165, 1.54) is 32.2 Å². The van der Waals surface area contributed by atoms with Crippen molar-refractivity contribution in [3.05, 3.63) is 41.7 Å². The van der Waals surface area contributed by atoms with E-state index in [4.69, 9.17) is 4.74 Å². The molecule has 0 bridgehead atoms. The fourth-order valence-corrected chi connectivity index (χ4v) is 4.54. The smallest absolute Gasteiger partial charge is 0.312 e. The molecule has 2 fully saturated rings. The molecule has 1 saturated carbocycles. The molecule has 10 heteroatoms. The summed E-state index contributed by atoms with van der Waals surface area (Å²) in [6, 6.07) is 3.13. The number of methoxy groups -OCH3 is 1. The van der Waals surface area contributed by atoms with E-state index in [2.05, 4.69) is 20.5 Å². The molecule has 1 aromatic heterocycles. The monoisotopic (exact) mass is 433 g/mol. The molecule has 2 unspecified atom stereocenters. The van der Waals surface area contributed by atoms with Crippen molar-refractivity contribution in [2.75, 3.05) is 20.2 Å². The molecule has 0 radical (unpaired) electrons. The van der Waals surface area contributed by atoms with Crippen LogP contribution in [0.3, 0.4) is 0 Å². The van der Waals surface area contributed by atoms with E-state index in [1.54, 1.807) is 0 Å². The maximum Gasteiger partial charge on any atom is 0.312 e. The number of carbonyl (C=O) groups excluding carboxylic acids is 2. The molecule has 1 aliphatic heterocycles. The number of aromatic nitrogens is 3. The molecule has 2 atom stereocenters. The molecule has 1 aromatic carbocycles. The number of amides is 1. The van der Waals surface area contributed by atoms with Crippen LogP contribution < -0.4 is 5.32 Å². The average Bonchev–Trinajstić information content (AvgIpc) is 3.46. The standard InChI is InChI=1S/C21H25F2N5O3/c1-31-21(30)15-11-27(14-4-2-3-5-14)9-8-17(15)24-20(29)18-12-28(26-25-18)19-7-6-13(22)10-16(19)23/h6-7,10,12,14-15,17H,2-5,8-9,11H2,1H3,(H,24,29). The number of ether oxygens (including phenoxy) is 1. The van der Waals surface area contributed by atoms with Gasteiger partial charge in [0.2, 0.25) is 0 Å². The minimum Gasteiger partial charge on any atom is -0.469 e. The second-order valence-electron chi connectivity index (χ2n) is 8.08. The largest absolute Gasteiger partial charge is 0.469 e. The van der Waals surface area contributed by atoms with E-state index < -0.39 is 29.5 Å². The minimum atomic E-state index is -0.818. The fraction of sp³-hybridized carbons (Fsp3) is 0.524. The average molecular weight is 433 g/mol. The predicted molar refractivity (Wildman–Crippen MR) is 106 cm³/mol. The highest BCUT2D eigenvalue weighted by atomic mass is 19.1. The number of nitrogens with zero attached hydrogens (tertiary/aromatic N) is 4. The first kappa shape index (κ1) is 21.4. The zero-order valence-electron chi connectivity index (χ0n) is 17.3. The first-order chi connectivity index (χ1) is 15.0. The molecule has 1 N–H and O–H groups in total. The van der Waals surface area contributed by atoms with Gasteiger partial charge < -0.3 is 10.1 Å². The molecule has 4 rings (SSSR count). The van der Waals surface area contributed by atoms with E-state index in [0.717, 1.165) is 36.2 Å². The minimum absolute atomic E-state index is 0.0226. The molecule has 0 spiro atoms. The molecular formula is C21H25F2N5O3. The SMILES string of the molecule is COC(=O)C1CN(C2CCCC2)CCC1NC(=O)c1cn(-c2ccc(F)cc2F)nn1. The number of rotatable bonds is 5. The van der Waals surface area contributed by atoms with Crippen LogP contribution in [0.2, 0.25) is 0 Å². The Bertz CT molecular complexity index is 960. The lowest BCUT2D eigenvalue weighted by molar-refractivity contribution is -0.148. The van der Waals surface area contributed by atoms with E-state index in [-0.39, 0.29) is 17.4 Å². The second kappa shape index (κ2) is 9.09. The summed E-state index contributed by atoms with van der Waals surface area (Å²) in [7, 11) is 1.35. The molecule has 1 aliphatic carbocycles. The van der Waals surface area contributed by atoms with Gasteiger partial charge in [-0.05, 0) is 31.4 Å². The number of hydrogen-bond acceptors (Lipinski definition) is 6.